The molecule has 2 unspecified atom stereocenters. The minimum Gasteiger partial charge on any atom is -0.127 e. The maximum absolute atomic E-state index is 6.05. The molecule has 0 aliphatic rings. The topological polar surface area (TPSA) is 0 Å². The molecule has 0 saturated heterocycles. The Bertz CT molecular complexity index is 90.5. The van der Waals surface area contributed by atoms with E-state index in [9.17, 15) is 0 Å². The fraction of sp³-hybridized carbons (Fsp3) is 1.00. The molecule has 4 heteroatoms. The number of hydrogen-bond acceptors (Lipinski definition) is 0. The number of hydrogen-bond donors (Lipinski definition) is 0. The van der Waals surface area contributed by atoms with Crippen molar-refractivity contribution < 1.29 is 0 Å². The van der Waals surface area contributed by atoms with Crippen molar-refractivity contribution in [1.29, 1.82) is 0 Å². The lowest BCUT2D eigenvalue weighted by atomic mass is 10.1. The Morgan fingerprint density at radius 2 is 1.91 bits per heavy atom. The van der Waals surface area contributed by atoms with Gasteiger partial charge >= 0.3 is 0 Å². The van der Waals surface area contributed by atoms with Gasteiger partial charge in [-0.25, -0.2) is 0 Å². The second-order valence-corrected chi connectivity index (χ2v) is 5.25. The van der Waals surface area contributed by atoms with Crippen LogP contribution in [0.2, 0.25) is 0 Å². The summed E-state index contributed by atoms with van der Waals surface area (Å²) in [4.78, 5) is 0.403. The molecule has 0 aromatic carbocycles. The summed E-state index contributed by atoms with van der Waals surface area (Å²) in [6, 6.07) is 0. The SMILES string of the molecule is ClCCCC(Br)C(Cl)CCBr. The van der Waals surface area contributed by atoms with E-state index in [-0.39, 0.29) is 5.38 Å². The van der Waals surface area contributed by atoms with Crippen LogP contribution >= 0.6 is 55.1 Å². The molecule has 0 nitrogen and oxygen atoms in total. The van der Waals surface area contributed by atoms with Gasteiger partial charge in [-0.05, 0) is 19.3 Å². The van der Waals surface area contributed by atoms with Crippen LogP contribution < -0.4 is 0 Å². The summed E-state index contributed by atoms with van der Waals surface area (Å²) >= 11 is 18.5. The molecule has 0 heterocycles. The first-order chi connectivity index (χ1) is 5.22. The highest BCUT2D eigenvalue weighted by molar-refractivity contribution is 9.09. The fourth-order valence-electron chi connectivity index (χ4n) is 0.738. The molecule has 0 bridgehead atoms. The highest BCUT2D eigenvalue weighted by atomic mass is 79.9. The van der Waals surface area contributed by atoms with Crippen LogP contribution in [0.1, 0.15) is 19.3 Å². The molecule has 0 amide bonds. The average molecular weight is 327 g/mol. The maximum Gasteiger partial charge on any atom is 0.0469 e. The Balaban J connectivity index is 3.38. The monoisotopic (exact) mass is 324 g/mol. The van der Waals surface area contributed by atoms with Crippen LogP contribution in [0, 0.1) is 0 Å². The van der Waals surface area contributed by atoms with E-state index < -0.39 is 0 Å². The van der Waals surface area contributed by atoms with Gasteiger partial charge in [0, 0.05) is 21.4 Å². The van der Waals surface area contributed by atoms with Crippen LogP contribution in [0.5, 0.6) is 0 Å². The van der Waals surface area contributed by atoms with Gasteiger partial charge in [-0.2, -0.15) is 0 Å². The molecule has 0 radical (unpaired) electrons. The average Bonchev–Trinajstić information content (AvgIpc) is 2.00. The summed E-state index contributed by atoms with van der Waals surface area (Å²) in [7, 11) is 0. The smallest absolute Gasteiger partial charge is 0.0469 e. The number of rotatable bonds is 6. The van der Waals surface area contributed by atoms with E-state index in [0.29, 0.717) is 4.83 Å². The van der Waals surface area contributed by atoms with Crippen LogP contribution in [0.25, 0.3) is 0 Å². The largest absolute Gasteiger partial charge is 0.127 e. The predicted octanol–water partition coefficient (Wildman–Crippen LogP) is 4.16. The van der Waals surface area contributed by atoms with Crippen molar-refractivity contribution in [3.05, 3.63) is 0 Å². The van der Waals surface area contributed by atoms with Gasteiger partial charge in [0.25, 0.3) is 0 Å². The van der Waals surface area contributed by atoms with Gasteiger partial charge in [-0.3, -0.25) is 0 Å². The van der Waals surface area contributed by atoms with Gasteiger partial charge in [-0.15, -0.1) is 23.2 Å². The lowest BCUT2D eigenvalue weighted by molar-refractivity contribution is 0.696. The Morgan fingerprint density at radius 3 is 2.36 bits per heavy atom. The summed E-state index contributed by atoms with van der Waals surface area (Å²) in [5.41, 5.74) is 0. The van der Waals surface area contributed by atoms with Crippen LogP contribution in [-0.2, 0) is 0 Å². The van der Waals surface area contributed by atoms with E-state index in [1.807, 2.05) is 0 Å². The summed E-state index contributed by atoms with van der Waals surface area (Å²) in [6.07, 6.45) is 3.09. The van der Waals surface area contributed by atoms with Gasteiger partial charge in [0.2, 0.25) is 0 Å². The van der Waals surface area contributed by atoms with Crippen molar-refractivity contribution in [1.82, 2.24) is 0 Å². The number of halogens is 4. The summed E-state index contributed by atoms with van der Waals surface area (Å²) in [5.74, 6) is 0.722. The lowest BCUT2D eigenvalue weighted by Gasteiger charge is -2.13. The van der Waals surface area contributed by atoms with Crippen molar-refractivity contribution in [2.45, 2.75) is 29.5 Å². The third kappa shape index (κ3) is 6.68. The molecule has 0 fully saturated rings. The molecule has 0 aromatic rings. The van der Waals surface area contributed by atoms with E-state index in [2.05, 4.69) is 31.9 Å². The normalized spacial score (nSPS) is 16.4. The maximum atomic E-state index is 6.05. The zero-order valence-corrected chi connectivity index (χ0v) is 10.9. The second kappa shape index (κ2) is 8.15. The summed E-state index contributed by atoms with van der Waals surface area (Å²) in [6.45, 7) is 0. The quantitative estimate of drug-likeness (QED) is 0.643. The predicted molar refractivity (Wildman–Crippen MR) is 60.7 cm³/mol. The lowest BCUT2D eigenvalue weighted by Crippen LogP contribution is -2.14. The van der Waals surface area contributed by atoms with Gasteiger partial charge in [0.05, 0.1) is 0 Å². The third-order valence-corrected chi connectivity index (χ3v) is 4.04. The molecule has 0 spiro atoms. The molecule has 0 aliphatic heterocycles. The molecule has 0 aliphatic carbocycles. The van der Waals surface area contributed by atoms with E-state index in [4.69, 9.17) is 23.2 Å². The van der Waals surface area contributed by atoms with Gasteiger partial charge in [0.1, 0.15) is 0 Å². The van der Waals surface area contributed by atoms with E-state index in [1.165, 1.54) is 0 Å². The third-order valence-electron chi connectivity index (χ3n) is 1.39. The first-order valence-electron chi connectivity index (χ1n) is 3.62. The molecular weight excluding hydrogens is 315 g/mol. The van der Waals surface area contributed by atoms with Crippen molar-refractivity contribution in [2.75, 3.05) is 11.2 Å². The molecule has 2 atom stereocenters. The van der Waals surface area contributed by atoms with Gasteiger partial charge in [0.15, 0.2) is 0 Å². The highest BCUT2D eigenvalue weighted by Gasteiger charge is 2.14. The molecule has 0 rings (SSSR count). The molecule has 11 heavy (non-hydrogen) atoms. The summed E-state index contributed by atoms with van der Waals surface area (Å²) in [5, 5.41) is 1.18. The zero-order valence-electron chi connectivity index (χ0n) is 6.20. The minimum atomic E-state index is 0.220. The second-order valence-electron chi connectivity index (χ2n) is 2.34. The molecule has 0 N–H and O–H groups in total. The fourth-order valence-corrected chi connectivity index (χ4v) is 2.47. The first kappa shape index (κ1) is 12.5. The van der Waals surface area contributed by atoms with E-state index in [1.54, 1.807) is 0 Å². The Labute approximate surface area is 95.3 Å². The van der Waals surface area contributed by atoms with Crippen LogP contribution in [0.4, 0.5) is 0 Å². The molecule has 0 aromatic heterocycles. The van der Waals surface area contributed by atoms with Crippen LogP contribution in [-0.4, -0.2) is 21.4 Å². The molecule has 0 saturated carbocycles. The Morgan fingerprint density at radius 1 is 1.27 bits per heavy atom. The summed E-state index contributed by atoms with van der Waals surface area (Å²) < 4.78 is 0. The van der Waals surface area contributed by atoms with Gasteiger partial charge in [-0.1, -0.05) is 31.9 Å². The minimum absolute atomic E-state index is 0.220. The molecule has 68 valence electrons. The van der Waals surface area contributed by atoms with Gasteiger partial charge < -0.3 is 0 Å². The van der Waals surface area contributed by atoms with Crippen LogP contribution in [0.3, 0.4) is 0 Å². The zero-order chi connectivity index (χ0) is 8.69. The Hall–Kier alpha value is 1.54. The van der Waals surface area contributed by atoms with Crippen molar-refractivity contribution in [3.8, 4) is 0 Å². The Kier molecular flexibility index (Phi) is 9.29. The standard InChI is InChI=1S/C7H12Br2Cl2/c8-4-3-7(11)6(9)2-1-5-10/h6-7H,1-5H2. The van der Waals surface area contributed by atoms with Crippen molar-refractivity contribution in [3.63, 3.8) is 0 Å². The van der Waals surface area contributed by atoms with Crippen molar-refractivity contribution >= 4 is 55.1 Å². The molecular formula is C7H12Br2Cl2. The van der Waals surface area contributed by atoms with E-state index in [0.717, 1.165) is 30.5 Å². The van der Waals surface area contributed by atoms with Crippen molar-refractivity contribution in [2.24, 2.45) is 0 Å². The first-order valence-corrected chi connectivity index (χ1v) is 6.63. The number of alkyl halides is 4. The van der Waals surface area contributed by atoms with E-state index >= 15 is 0 Å². The van der Waals surface area contributed by atoms with Crippen LogP contribution in [0.15, 0.2) is 0 Å². The highest BCUT2D eigenvalue weighted by Crippen LogP contribution is 2.21.